The van der Waals surface area contributed by atoms with E-state index < -0.39 is 0 Å². The molecule has 0 radical (unpaired) electrons. The van der Waals surface area contributed by atoms with E-state index in [1.54, 1.807) is 19.1 Å². The number of rotatable bonds is 13. The molecular weight excluding hydrogens is 506 g/mol. The first-order valence-electron chi connectivity index (χ1n) is 13.2. The minimum atomic E-state index is -0.321. The lowest BCUT2D eigenvalue weighted by atomic mass is 9.92. The SMILES string of the molecule is CCOC(=O)N1CCc2c([nH]c3ccc(Cl)cc23)C1c1cccc(OCCCN(CCOC)CCOC)c1. The van der Waals surface area contributed by atoms with Crippen molar-refractivity contribution in [3.8, 4) is 5.75 Å². The largest absolute Gasteiger partial charge is 0.494 e. The Morgan fingerprint density at radius 3 is 2.61 bits per heavy atom. The molecule has 0 fully saturated rings. The molecule has 1 amide bonds. The molecule has 0 bridgehead atoms. The number of nitrogens with zero attached hydrogens (tertiary/aromatic N) is 2. The van der Waals surface area contributed by atoms with Crippen molar-refractivity contribution in [1.82, 2.24) is 14.8 Å². The van der Waals surface area contributed by atoms with Crippen LogP contribution in [0.25, 0.3) is 10.9 Å². The highest BCUT2D eigenvalue weighted by atomic mass is 35.5. The standard InChI is InChI=1S/C29H38ClN3O5/c1-4-37-29(34)33-13-11-24-25-20-22(30)9-10-26(25)31-27(24)28(33)21-7-5-8-23(19-21)38-16-6-12-32(14-17-35-2)15-18-36-3/h5,7-10,19-20,28,31H,4,6,11-18H2,1-3H3. The highest BCUT2D eigenvalue weighted by Gasteiger charge is 2.35. The van der Waals surface area contributed by atoms with Gasteiger partial charge in [-0.25, -0.2) is 4.79 Å². The highest BCUT2D eigenvalue weighted by molar-refractivity contribution is 6.31. The molecule has 1 atom stereocenters. The maximum atomic E-state index is 13.0. The van der Waals surface area contributed by atoms with E-state index in [-0.39, 0.29) is 12.1 Å². The fourth-order valence-corrected chi connectivity index (χ4v) is 5.21. The Kier molecular flexibility index (Phi) is 10.3. The Morgan fingerprint density at radius 1 is 1.08 bits per heavy atom. The summed E-state index contributed by atoms with van der Waals surface area (Å²) in [6.07, 6.45) is 1.28. The van der Waals surface area contributed by atoms with Crippen molar-refractivity contribution in [1.29, 1.82) is 0 Å². The van der Waals surface area contributed by atoms with Crippen molar-refractivity contribution in [2.24, 2.45) is 0 Å². The first-order chi connectivity index (χ1) is 18.5. The number of carbonyl (C=O) groups is 1. The van der Waals surface area contributed by atoms with E-state index in [2.05, 4.69) is 9.88 Å². The number of carbonyl (C=O) groups excluding carboxylic acids is 1. The number of aromatic amines is 1. The molecule has 8 nitrogen and oxygen atoms in total. The van der Waals surface area contributed by atoms with Crippen LogP contribution in [0.3, 0.4) is 0 Å². The molecule has 2 aromatic carbocycles. The van der Waals surface area contributed by atoms with E-state index in [1.807, 2.05) is 49.4 Å². The van der Waals surface area contributed by atoms with Crippen LogP contribution in [0.2, 0.25) is 5.02 Å². The quantitative estimate of drug-likeness (QED) is 0.295. The lowest BCUT2D eigenvalue weighted by molar-refractivity contribution is 0.0931. The fraction of sp³-hybridized carbons (Fsp3) is 0.483. The van der Waals surface area contributed by atoms with Gasteiger partial charge in [0, 0.05) is 62.0 Å². The zero-order valence-electron chi connectivity index (χ0n) is 22.5. The summed E-state index contributed by atoms with van der Waals surface area (Å²) in [6, 6.07) is 13.5. The number of H-pyrrole nitrogens is 1. The topological polar surface area (TPSA) is 76.3 Å². The number of hydrogen-bond acceptors (Lipinski definition) is 6. The molecule has 0 saturated heterocycles. The van der Waals surface area contributed by atoms with Crippen LogP contribution in [0, 0.1) is 0 Å². The minimum Gasteiger partial charge on any atom is -0.494 e. The Balaban J connectivity index is 1.52. The summed E-state index contributed by atoms with van der Waals surface area (Å²) >= 11 is 6.31. The first kappa shape index (κ1) is 28.2. The molecule has 1 aliphatic heterocycles. The fourth-order valence-electron chi connectivity index (χ4n) is 5.04. The summed E-state index contributed by atoms with van der Waals surface area (Å²) in [4.78, 5) is 20.7. The lowest BCUT2D eigenvalue weighted by Crippen LogP contribution is -2.41. The van der Waals surface area contributed by atoms with Crippen LogP contribution in [0.15, 0.2) is 42.5 Å². The Morgan fingerprint density at radius 2 is 1.87 bits per heavy atom. The van der Waals surface area contributed by atoms with Gasteiger partial charge < -0.3 is 23.9 Å². The molecule has 206 valence electrons. The number of fused-ring (bicyclic) bond motifs is 3. The zero-order chi connectivity index (χ0) is 26.9. The summed E-state index contributed by atoms with van der Waals surface area (Å²) in [5, 5.41) is 1.79. The van der Waals surface area contributed by atoms with Crippen LogP contribution in [0.4, 0.5) is 4.79 Å². The lowest BCUT2D eigenvalue weighted by Gasteiger charge is -2.35. The third-order valence-corrected chi connectivity index (χ3v) is 7.11. The van der Waals surface area contributed by atoms with E-state index in [0.717, 1.165) is 60.4 Å². The van der Waals surface area contributed by atoms with Gasteiger partial charge in [0.25, 0.3) is 0 Å². The Hall–Kier alpha value is -2.78. The smallest absolute Gasteiger partial charge is 0.410 e. The highest BCUT2D eigenvalue weighted by Crippen LogP contribution is 2.40. The minimum absolute atomic E-state index is 0.314. The number of aromatic nitrogens is 1. The van der Waals surface area contributed by atoms with Gasteiger partial charge in [-0.3, -0.25) is 9.80 Å². The van der Waals surface area contributed by atoms with Crippen molar-refractivity contribution >= 4 is 28.6 Å². The number of halogens is 1. The second-order valence-electron chi connectivity index (χ2n) is 9.35. The normalized spacial score (nSPS) is 15.2. The average molecular weight is 544 g/mol. The Bertz CT molecular complexity index is 1190. The van der Waals surface area contributed by atoms with Crippen molar-refractivity contribution in [3.05, 3.63) is 64.3 Å². The molecule has 0 spiro atoms. The summed E-state index contributed by atoms with van der Waals surface area (Å²) in [6.45, 7) is 7.28. The molecule has 38 heavy (non-hydrogen) atoms. The molecule has 1 unspecified atom stereocenters. The van der Waals surface area contributed by atoms with Crippen molar-refractivity contribution in [2.45, 2.75) is 25.8 Å². The van der Waals surface area contributed by atoms with Crippen LogP contribution in [-0.2, 0) is 20.6 Å². The van der Waals surface area contributed by atoms with Crippen LogP contribution in [0.1, 0.15) is 36.2 Å². The summed E-state index contributed by atoms with van der Waals surface area (Å²) < 4.78 is 22.0. The average Bonchev–Trinajstić information content (AvgIpc) is 3.29. The first-order valence-corrected chi connectivity index (χ1v) is 13.6. The van der Waals surface area contributed by atoms with Gasteiger partial charge in [-0.15, -0.1) is 0 Å². The maximum absolute atomic E-state index is 13.0. The zero-order valence-corrected chi connectivity index (χ0v) is 23.3. The second kappa shape index (κ2) is 13.8. The van der Waals surface area contributed by atoms with Gasteiger partial charge in [0.05, 0.1) is 26.4 Å². The molecular formula is C29H38ClN3O5. The summed E-state index contributed by atoms with van der Waals surface area (Å²) in [5.74, 6) is 0.776. The number of hydrogen-bond donors (Lipinski definition) is 1. The van der Waals surface area contributed by atoms with E-state index in [0.29, 0.717) is 38.0 Å². The van der Waals surface area contributed by atoms with Gasteiger partial charge in [-0.05, 0) is 61.2 Å². The van der Waals surface area contributed by atoms with Crippen LogP contribution >= 0.6 is 11.6 Å². The second-order valence-corrected chi connectivity index (χ2v) is 9.79. The van der Waals surface area contributed by atoms with E-state index in [4.69, 9.17) is 30.5 Å². The number of nitrogens with one attached hydrogen (secondary N) is 1. The van der Waals surface area contributed by atoms with Crippen molar-refractivity contribution in [3.63, 3.8) is 0 Å². The van der Waals surface area contributed by atoms with E-state index in [9.17, 15) is 4.79 Å². The molecule has 2 heterocycles. The van der Waals surface area contributed by atoms with Gasteiger partial charge in [0.15, 0.2) is 0 Å². The molecule has 1 aromatic heterocycles. The summed E-state index contributed by atoms with van der Waals surface area (Å²) in [5.41, 5.74) is 4.15. The van der Waals surface area contributed by atoms with Gasteiger partial charge in [0.1, 0.15) is 11.8 Å². The molecule has 1 aliphatic rings. The van der Waals surface area contributed by atoms with Gasteiger partial charge in [-0.2, -0.15) is 0 Å². The van der Waals surface area contributed by atoms with E-state index >= 15 is 0 Å². The third-order valence-electron chi connectivity index (χ3n) is 6.88. The molecule has 3 aromatic rings. The summed E-state index contributed by atoms with van der Waals surface area (Å²) in [7, 11) is 3.43. The van der Waals surface area contributed by atoms with Gasteiger partial charge >= 0.3 is 6.09 Å². The number of amides is 1. The molecule has 1 N–H and O–H groups in total. The predicted molar refractivity (Wildman–Crippen MR) is 149 cm³/mol. The Labute approximate surface area is 229 Å². The van der Waals surface area contributed by atoms with Crippen molar-refractivity contribution < 1.29 is 23.7 Å². The third kappa shape index (κ3) is 6.80. The number of methoxy groups -OCH3 is 2. The predicted octanol–water partition coefficient (Wildman–Crippen LogP) is 5.29. The van der Waals surface area contributed by atoms with Gasteiger partial charge in [-0.1, -0.05) is 23.7 Å². The van der Waals surface area contributed by atoms with Crippen molar-refractivity contribution in [2.75, 3.05) is 66.8 Å². The molecule has 4 rings (SSSR count). The maximum Gasteiger partial charge on any atom is 0.410 e. The molecule has 0 saturated carbocycles. The number of benzene rings is 2. The monoisotopic (exact) mass is 543 g/mol. The molecule has 0 aliphatic carbocycles. The van der Waals surface area contributed by atoms with Crippen LogP contribution < -0.4 is 4.74 Å². The van der Waals surface area contributed by atoms with E-state index in [1.165, 1.54) is 5.56 Å². The van der Waals surface area contributed by atoms with Gasteiger partial charge in [0.2, 0.25) is 0 Å². The van der Waals surface area contributed by atoms with Crippen LogP contribution in [-0.4, -0.2) is 87.7 Å². The van der Waals surface area contributed by atoms with Crippen LogP contribution in [0.5, 0.6) is 5.75 Å². The molecule has 9 heteroatoms. The number of ether oxygens (including phenoxy) is 4.